The molecule has 0 saturated carbocycles. The zero-order valence-corrected chi connectivity index (χ0v) is 20.9. The molecule has 0 aliphatic carbocycles. The molecule has 2 aliphatic heterocycles. The Labute approximate surface area is 217 Å². The number of pyridine rings is 2. The average Bonchev–Trinajstić information content (AvgIpc) is 2.94. The molecule has 7 rings (SSSR count). The van der Waals surface area contributed by atoms with E-state index in [2.05, 4.69) is 115 Å². The van der Waals surface area contributed by atoms with Crippen molar-refractivity contribution in [2.45, 2.75) is 19.3 Å². The van der Waals surface area contributed by atoms with Gasteiger partial charge in [-0.1, -0.05) is 49.0 Å². The van der Waals surface area contributed by atoms with Crippen LogP contribution in [0.15, 0.2) is 116 Å². The highest BCUT2D eigenvalue weighted by atomic mass is 15.2. The number of aromatic nitrogens is 2. The number of anilines is 6. The Bertz CT molecular complexity index is 1600. The van der Waals surface area contributed by atoms with Crippen molar-refractivity contribution in [3.05, 3.63) is 139 Å². The maximum absolute atomic E-state index is 4.86. The van der Waals surface area contributed by atoms with Crippen LogP contribution in [0.25, 0.3) is 5.57 Å². The minimum Gasteiger partial charge on any atom is -0.308 e. The largest absolute Gasteiger partial charge is 0.308 e. The Morgan fingerprint density at radius 1 is 0.622 bits per heavy atom. The molecule has 0 atom stereocenters. The quantitative estimate of drug-likeness (QED) is 0.250. The van der Waals surface area contributed by atoms with Gasteiger partial charge in [0.1, 0.15) is 0 Å². The van der Waals surface area contributed by atoms with Gasteiger partial charge in [-0.15, -0.1) is 0 Å². The maximum atomic E-state index is 4.86. The van der Waals surface area contributed by atoms with E-state index in [0.29, 0.717) is 0 Å². The number of hydrogen-bond donors (Lipinski definition) is 0. The fraction of sp³-hybridized carbons (Fsp3) is 0.0909. The third kappa shape index (κ3) is 3.09. The van der Waals surface area contributed by atoms with Crippen LogP contribution in [0.2, 0.25) is 0 Å². The number of fused-ring (bicyclic) bond motifs is 4. The lowest BCUT2D eigenvalue weighted by atomic mass is 9.76. The van der Waals surface area contributed by atoms with Crippen LogP contribution in [0.1, 0.15) is 36.4 Å². The third-order valence-corrected chi connectivity index (χ3v) is 7.57. The number of rotatable bonds is 2. The summed E-state index contributed by atoms with van der Waals surface area (Å²) in [5.41, 5.74) is 11.7. The number of hydrogen-bond acceptors (Lipinski definition) is 4. The van der Waals surface area contributed by atoms with Crippen LogP contribution in [0, 0.1) is 0 Å². The SMILES string of the molecule is C=C1c2ccccc2N(c2cccc(N3c4ccccc4C(C)(C)c4ncccc43)c2)c2cccnc21. The van der Waals surface area contributed by atoms with Crippen LogP contribution in [0.4, 0.5) is 34.1 Å². The van der Waals surface area contributed by atoms with Crippen molar-refractivity contribution in [1.82, 2.24) is 9.97 Å². The molecule has 0 unspecified atom stereocenters. The molecule has 0 bridgehead atoms. The lowest BCUT2D eigenvalue weighted by molar-refractivity contribution is 0.608. The maximum Gasteiger partial charge on any atom is 0.0943 e. The topological polar surface area (TPSA) is 32.3 Å². The minimum atomic E-state index is -0.196. The Balaban J connectivity index is 1.44. The first-order valence-electron chi connectivity index (χ1n) is 12.5. The highest BCUT2D eigenvalue weighted by Crippen LogP contribution is 2.52. The lowest BCUT2D eigenvalue weighted by Crippen LogP contribution is -2.31. The first-order valence-corrected chi connectivity index (χ1v) is 12.5. The Kier molecular flexibility index (Phi) is 4.61. The van der Waals surface area contributed by atoms with Gasteiger partial charge in [0.05, 0.1) is 34.1 Å². The van der Waals surface area contributed by atoms with Gasteiger partial charge in [-0.25, -0.2) is 0 Å². The van der Waals surface area contributed by atoms with Gasteiger partial charge < -0.3 is 9.80 Å². The second kappa shape index (κ2) is 7.90. The Hall–Kier alpha value is -4.70. The standard InChI is InChI=1S/C33H26N4/c1-22-25-13-4-6-15-27(25)36(29-17-9-19-34-31(22)29)23-11-8-12-24(21-23)37-28-16-7-5-14-26(28)33(2,3)32-30(37)18-10-20-35-32/h4-21H,1H2,2-3H3. The summed E-state index contributed by atoms with van der Waals surface area (Å²) in [6.07, 6.45) is 3.73. The van der Waals surface area contributed by atoms with Crippen molar-refractivity contribution < 1.29 is 0 Å². The highest BCUT2D eigenvalue weighted by Gasteiger charge is 2.38. The zero-order valence-electron chi connectivity index (χ0n) is 20.9. The van der Waals surface area contributed by atoms with E-state index in [4.69, 9.17) is 9.97 Å². The molecule has 0 spiro atoms. The van der Waals surface area contributed by atoms with Gasteiger partial charge in [-0.05, 0) is 74.0 Å². The first-order chi connectivity index (χ1) is 18.1. The molecule has 3 aromatic carbocycles. The van der Waals surface area contributed by atoms with E-state index < -0.39 is 0 Å². The van der Waals surface area contributed by atoms with E-state index in [9.17, 15) is 0 Å². The Morgan fingerprint density at radius 3 is 2.05 bits per heavy atom. The summed E-state index contributed by atoms with van der Waals surface area (Å²) in [5, 5.41) is 0. The summed E-state index contributed by atoms with van der Waals surface area (Å²) >= 11 is 0. The van der Waals surface area contributed by atoms with Crippen molar-refractivity contribution in [3.63, 3.8) is 0 Å². The predicted molar refractivity (Wildman–Crippen MR) is 152 cm³/mol. The molecule has 0 fully saturated rings. The normalized spacial score (nSPS) is 14.9. The molecule has 4 nitrogen and oxygen atoms in total. The van der Waals surface area contributed by atoms with Crippen LogP contribution in [-0.4, -0.2) is 9.97 Å². The van der Waals surface area contributed by atoms with Crippen LogP contribution in [0.3, 0.4) is 0 Å². The fourth-order valence-electron chi connectivity index (χ4n) is 5.83. The van der Waals surface area contributed by atoms with Gasteiger partial charge >= 0.3 is 0 Å². The molecular formula is C33H26N4. The molecule has 4 heteroatoms. The molecule has 0 radical (unpaired) electrons. The van der Waals surface area contributed by atoms with Gasteiger partial charge in [0.15, 0.2) is 0 Å². The molecule has 2 aliphatic rings. The van der Waals surface area contributed by atoms with Crippen molar-refractivity contribution in [2.24, 2.45) is 0 Å². The third-order valence-electron chi connectivity index (χ3n) is 7.57. The predicted octanol–water partition coefficient (Wildman–Crippen LogP) is 8.43. The summed E-state index contributed by atoms with van der Waals surface area (Å²) in [5.74, 6) is 0. The van der Waals surface area contributed by atoms with Gasteiger partial charge in [-0.3, -0.25) is 9.97 Å². The molecule has 5 aromatic rings. The van der Waals surface area contributed by atoms with Crippen molar-refractivity contribution in [1.29, 1.82) is 0 Å². The van der Waals surface area contributed by atoms with E-state index in [-0.39, 0.29) is 5.41 Å². The summed E-state index contributed by atoms with van der Waals surface area (Å²) < 4.78 is 0. The second-order valence-corrected chi connectivity index (χ2v) is 10.1. The number of nitrogens with zero attached hydrogens (tertiary/aromatic N) is 4. The summed E-state index contributed by atoms with van der Waals surface area (Å²) in [7, 11) is 0. The van der Waals surface area contributed by atoms with Gasteiger partial charge in [0.25, 0.3) is 0 Å². The zero-order chi connectivity index (χ0) is 25.1. The second-order valence-electron chi connectivity index (χ2n) is 10.1. The molecule has 2 aromatic heterocycles. The number of benzene rings is 3. The van der Waals surface area contributed by atoms with Crippen LogP contribution >= 0.6 is 0 Å². The smallest absolute Gasteiger partial charge is 0.0943 e. The van der Waals surface area contributed by atoms with Crippen molar-refractivity contribution in [3.8, 4) is 0 Å². The molecule has 4 heterocycles. The van der Waals surface area contributed by atoms with Crippen LogP contribution in [0.5, 0.6) is 0 Å². The van der Waals surface area contributed by atoms with Gasteiger partial charge in [0, 0.05) is 40.3 Å². The lowest BCUT2D eigenvalue weighted by Gasteiger charge is -2.41. The van der Waals surface area contributed by atoms with Crippen LogP contribution < -0.4 is 9.80 Å². The van der Waals surface area contributed by atoms with Gasteiger partial charge in [0.2, 0.25) is 0 Å². The minimum absolute atomic E-state index is 0.196. The monoisotopic (exact) mass is 478 g/mol. The van der Waals surface area contributed by atoms with Crippen molar-refractivity contribution >= 4 is 39.7 Å². The van der Waals surface area contributed by atoms with E-state index in [1.165, 1.54) is 11.3 Å². The molecule has 0 saturated heterocycles. The first kappa shape index (κ1) is 21.6. The molecule has 37 heavy (non-hydrogen) atoms. The Morgan fingerprint density at radius 2 is 1.24 bits per heavy atom. The van der Waals surface area contributed by atoms with E-state index in [0.717, 1.165) is 51.0 Å². The molecule has 0 N–H and O–H groups in total. The average molecular weight is 479 g/mol. The summed E-state index contributed by atoms with van der Waals surface area (Å²) in [6.45, 7) is 8.89. The van der Waals surface area contributed by atoms with E-state index >= 15 is 0 Å². The van der Waals surface area contributed by atoms with Crippen LogP contribution in [-0.2, 0) is 5.41 Å². The van der Waals surface area contributed by atoms with E-state index in [1.807, 2.05) is 24.5 Å². The fourth-order valence-corrected chi connectivity index (χ4v) is 5.83. The van der Waals surface area contributed by atoms with Gasteiger partial charge in [-0.2, -0.15) is 0 Å². The van der Waals surface area contributed by atoms with Crippen molar-refractivity contribution in [2.75, 3.05) is 9.80 Å². The number of para-hydroxylation sites is 2. The molecule has 0 amide bonds. The molecular weight excluding hydrogens is 452 g/mol. The molecule has 178 valence electrons. The summed E-state index contributed by atoms with van der Waals surface area (Å²) in [6, 6.07) is 34.1. The summed E-state index contributed by atoms with van der Waals surface area (Å²) in [4.78, 5) is 14.2. The highest BCUT2D eigenvalue weighted by molar-refractivity contribution is 5.99. The van der Waals surface area contributed by atoms with E-state index in [1.54, 1.807) is 0 Å².